The summed E-state index contributed by atoms with van der Waals surface area (Å²) in [5, 5.41) is 57.2. The molecular formula is C70H129NO10. The minimum atomic E-state index is -1.61. The van der Waals surface area contributed by atoms with Crippen molar-refractivity contribution in [3.63, 3.8) is 0 Å². The molecule has 8 atom stereocenters. The highest BCUT2D eigenvalue weighted by molar-refractivity contribution is 5.80. The van der Waals surface area contributed by atoms with Crippen LogP contribution in [0, 0.1) is 0 Å². The van der Waals surface area contributed by atoms with Gasteiger partial charge in [0.25, 0.3) is 0 Å². The van der Waals surface area contributed by atoms with Crippen LogP contribution in [0.2, 0.25) is 0 Å². The number of rotatable bonds is 59. The fraction of sp³-hybridized carbons (Fsp3) is 0.857. The number of carbonyl (C=O) groups excluding carboxylic acids is 2. The Morgan fingerprint density at radius 1 is 0.481 bits per heavy atom. The second-order valence-electron chi connectivity index (χ2n) is 23.9. The smallest absolute Gasteiger partial charge is 0.306 e. The molecular weight excluding hydrogens is 1010 g/mol. The summed E-state index contributed by atoms with van der Waals surface area (Å²) in [5.74, 6) is -1.19. The highest BCUT2D eigenvalue weighted by atomic mass is 16.7. The number of hydrogen-bond acceptors (Lipinski definition) is 10. The molecule has 1 fully saturated rings. The van der Waals surface area contributed by atoms with Crippen LogP contribution in [0.4, 0.5) is 0 Å². The number of aliphatic hydroxyl groups excluding tert-OH is 5. The van der Waals surface area contributed by atoms with Gasteiger partial charge < -0.3 is 45.1 Å². The molecule has 6 N–H and O–H groups in total. The van der Waals surface area contributed by atoms with Crippen molar-refractivity contribution in [2.24, 2.45) is 0 Å². The first-order valence-electron chi connectivity index (χ1n) is 34.4. The zero-order chi connectivity index (χ0) is 58.9. The van der Waals surface area contributed by atoms with Crippen molar-refractivity contribution >= 4 is 11.9 Å². The quantitative estimate of drug-likeness (QED) is 0.0195. The molecule has 1 saturated heterocycles. The second-order valence-corrected chi connectivity index (χ2v) is 23.9. The Hall–Kier alpha value is -2.38. The van der Waals surface area contributed by atoms with Crippen LogP contribution in [0.1, 0.15) is 323 Å². The first-order valence-corrected chi connectivity index (χ1v) is 34.4. The van der Waals surface area contributed by atoms with Gasteiger partial charge in [0.2, 0.25) is 5.91 Å². The molecule has 0 aromatic rings. The van der Waals surface area contributed by atoms with E-state index in [1.807, 2.05) is 6.08 Å². The van der Waals surface area contributed by atoms with Crippen molar-refractivity contribution in [2.45, 2.75) is 372 Å². The molecule has 81 heavy (non-hydrogen) atoms. The topological polar surface area (TPSA) is 175 Å². The monoisotopic (exact) mass is 1140 g/mol. The predicted octanol–water partition coefficient (Wildman–Crippen LogP) is 17.2. The average molecular weight is 1140 g/mol. The van der Waals surface area contributed by atoms with E-state index in [2.05, 4.69) is 62.5 Å². The molecule has 8 unspecified atom stereocenters. The van der Waals surface area contributed by atoms with E-state index < -0.39 is 67.4 Å². The number of unbranched alkanes of at least 4 members (excludes halogenated alkanes) is 39. The SMILES string of the molecule is CCCCC/C=C\C/C=C\CCCCCCCCCCCCCCC(O)C(=O)NC(COC1OC(CO)C(O)C(O)C1OC(=O)CCCCCCCCC/C=C/CCCCCCCC)C(O)/C=C/CCCCCCCCCCCCC. The molecule has 1 rings (SSSR count). The molecule has 1 heterocycles. The van der Waals surface area contributed by atoms with Crippen molar-refractivity contribution in [1.29, 1.82) is 0 Å². The number of allylic oxidation sites excluding steroid dienone is 7. The van der Waals surface area contributed by atoms with Crippen LogP contribution in [0.5, 0.6) is 0 Å². The number of carbonyl (C=O) groups is 2. The summed E-state index contributed by atoms with van der Waals surface area (Å²) in [6, 6.07) is -1.02. The number of esters is 1. The van der Waals surface area contributed by atoms with Gasteiger partial charge in [0, 0.05) is 6.42 Å². The van der Waals surface area contributed by atoms with E-state index >= 15 is 0 Å². The van der Waals surface area contributed by atoms with Gasteiger partial charge in [-0.3, -0.25) is 9.59 Å². The van der Waals surface area contributed by atoms with Gasteiger partial charge in [-0.15, -0.1) is 0 Å². The van der Waals surface area contributed by atoms with Crippen LogP contribution in [0.15, 0.2) is 48.6 Å². The van der Waals surface area contributed by atoms with Gasteiger partial charge in [-0.25, -0.2) is 0 Å². The first-order chi connectivity index (χ1) is 39.7. The summed E-state index contributed by atoms with van der Waals surface area (Å²) in [5.41, 5.74) is 0. The Morgan fingerprint density at radius 3 is 1.30 bits per heavy atom. The predicted molar refractivity (Wildman–Crippen MR) is 338 cm³/mol. The first kappa shape index (κ1) is 76.6. The van der Waals surface area contributed by atoms with Gasteiger partial charge in [0.15, 0.2) is 12.4 Å². The van der Waals surface area contributed by atoms with Crippen LogP contribution < -0.4 is 5.32 Å². The lowest BCUT2D eigenvalue weighted by atomic mass is 9.99. The fourth-order valence-corrected chi connectivity index (χ4v) is 10.7. The summed E-state index contributed by atoms with van der Waals surface area (Å²) < 4.78 is 17.7. The van der Waals surface area contributed by atoms with Gasteiger partial charge in [-0.2, -0.15) is 0 Å². The van der Waals surface area contributed by atoms with Crippen LogP contribution in [-0.2, 0) is 23.8 Å². The normalized spacial score (nSPS) is 18.9. The highest BCUT2D eigenvalue weighted by Crippen LogP contribution is 2.26. The van der Waals surface area contributed by atoms with Gasteiger partial charge in [0.1, 0.15) is 24.4 Å². The molecule has 11 heteroatoms. The van der Waals surface area contributed by atoms with Crippen molar-refractivity contribution in [3.8, 4) is 0 Å². The summed E-state index contributed by atoms with van der Waals surface area (Å²) in [4.78, 5) is 26.6. The molecule has 11 nitrogen and oxygen atoms in total. The van der Waals surface area contributed by atoms with E-state index in [1.165, 1.54) is 199 Å². The fourth-order valence-electron chi connectivity index (χ4n) is 10.7. The summed E-state index contributed by atoms with van der Waals surface area (Å²) in [6.07, 6.45) is 61.4. The summed E-state index contributed by atoms with van der Waals surface area (Å²) in [6.45, 7) is 5.80. The lowest BCUT2D eigenvalue weighted by Gasteiger charge is -2.41. The largest absolute Gasteiger partial charge is 0.454 e. The third-order valence-corrected chi connectivity index (χ3v) is 16.2. The Balaban J connectivity index is 2.62. The van der Waals surface area contributed by atoms with Gasteiger partial charge >= 0.3 is 5.97 Å². The minimum Gasteiger partial charge on any atom is -0.454 e. The van der Waals surface area contributed by atoms with Gasteiger partial charge in [-0.05, 0) is 83.5 Å². The molecule has 0 saturated carbocycles. The van der Waals surface area contributed by atoms with Crippen LogP contribution >= 0.6 is 0 Å². The van der Waals surface area contributed by atoms with E-state index in [0.29, 0.717) is 19.3 Å². The van der Waals surface area contributed by atoms with E-state index in [-0.39, 0.29) is 13.0 Å². The van der Waals surface area contributed by atoms with Crippen LogP contribution in [0.25, 0.3) is 0 Å². The van der Waals surface area contributed by atoms with E-state index in [0.717, 1.165) is 77.0 Å². The van der Waals surface area contributed by atoms with E-state index in [9.17, 15) is 35.1 Å². The summed E-state index contributed by atoms with van der Waals surface area (Å²) in [7, 11) is 0. The number of nitrogens with one attached hydrogen (secondary N) is 1. The molecule has 0 aromatic carbocycles. The highest BCUT2D eigenvalue weighted by Gasteiger charge is 2.47. The van der Waals surface area contributed by atoms with Crippen molar-refractivity contribution in [3.05, 3.63) is 48.6 Å². The van der Waals surface area contributed by atoms with E-state index in [1.54, 1.807) is 6.08 Å². The van der Waals surface area contributed by atoms with Crippen LogP contribution in [0.3, 0.4) is 0 Å². The molecule has 1 aliphatic heterocycles. The third-order valence-electron chi connectivity index (χ3n) is 16.2. The Kier molecular flexibility index (Phi) is 54.9. The maximum Gasteiger partial charge on any atom is 0.306 e. The third kappa shape index (κ3) is 45.6. The van der Waals surface area contributed by atoms with Gasteiger partial charge in [0.05, 0.1) is 25.4 Å². The second kappa shape index (κ2) is 58.0. The Bertz CT molecular complexity index is 1500. The van der Waals surface area contributed by atoms with Crippen molar-refractivity contribution in [1.82, 2.24) is 5.32 Å². The maximum absolute atomic E-state index is 13.5. The minimum absolute atomic E-state index is 0.120. The lowest BCUT2D eigenvalue weighted by Crippen LogP contribution is -2.61. The molecule has 0 aliphatic carbocycles. The molecule has 0 radical (unpaired) electrons. The number of amides is 1. The zero-order valence-corrected chi connectivity index (χ0v) is 52.7. The average Bonchev–Trinajstić information content (AvgIpc) is 3.49. The summed E-state index contributed by atoms with van der Waals surface area (Å²) >= 11 is 0. The van der Waals surface area contributed by atoms with Crippen LogP contribution in [-0.4, -0.2) is 99.6 Å². The zero-order valence-electron chi connectivity index (χ0n) is 52.7. The maximum atomic E-state index is 13.5. The molecule has 1 amide bonds. The van der Waals surface area contributed by atoms with Crippen molar-refractivity contribution in [2.75, 3.05) is 13.2 Å². The molecule has 1 aliphatic rings. The Labute approximate surface area is 497 Å². The number of hydrogen-bond donors (Lipinski definition) is 6. The number of ether oxygens (including phenoxy) is 3. The molecule has 474 valence electrons. The molecule has 0 spiro atoms. The number of aliphatic hydroxyl groups is 5. The molecule has 0 aromatic heterocycles. The standard InChI is InChI=1S/C70H129NO10/c1-4-7-10-13-16-19-22-25-27-29-30-31-32-33-35-36-39-42-45-48-51-54-57-63(74)69(78)71-61(62(73)56-53-50-47-44-41-38-24-21-18-15-12-9-6-3)60-79-70-68(67(77)66(76)64(59-72)80-70)81-65(75)58-55-52-49-46-43-40-37-34-28-26-23-20-17-14-11-8-5-2/h16,19,25-28,53,56,61-64,66-68,70,72-74,76-77H,4-15,17-18,20-24,29-52,54-55,57-60H2,1-3H3,(H,71,78)/b19-16-,27-25-,28-26+,56-53+. The lowest BCUT2D eigenvalue weighted by molar-refractivity contribution is -0.305. The van der Waals surface area contributed by atoms with Gasteiger partial charge in [-0.1, -0.05) is 281 Å². The van der Waals surface area contributed by atoms with E-state index in [4.69, 9.17) is 14.2 Å². The molecule has 0 bridgehead atoms. The van der Waals surface area contributed by atoms with Crippen molar-refractivity contribution < 1.29 is 49.3 Å². The Morgan fingerprint density at radius 2 is 0.852 bits per heavy atom.